The molecule has 3 N–H and O–H groups in total. The van der Waals surface area contributed by atoms with Gasteiger partial charge < -0.3 is 15.6 Å². The van der Waals surface area contributed by atoms with Gasteiger partial charge in [-0.3, -0.25) is 0 Å². The number of pyridine rings is 1. The third-order valence-electron chi connectivity index (χ3n) is 4.03. The Kier molecular flexibility index (Phi) is 3.36. The second-order valence-corrected chi connectivity index (χ2v) is 5.78. The quantitative estimate of drug-likeness (QED) is 0.898. The first-order chi connectivity index (χ1) is 9.59. The van der Waals surface area contributed by atoms with E-state index in [4.69, 9.17) is 10.5 Å². The zero-order valence-electron chi connectivity index (χ0n) is 11.7. The number of rotatable bonds is 3. The minimum Gasteiger partial charge on any atom is -0.488 e. The van der Waals surface area contributed by atoms with E-state index in [0.29, 0.717) is 6.42 Å². The average molecular weight is 272 g/mol. The SMILES string of the molecule is Cc1ccc2cccc(OC3CCC(N)(CO)C3)c2n1. The number of hydrogen-bond acceptors (Lipinski definition) is 4. The number of benzene rings is 1. The third-order valence-corrected chi connectivity index (χ3v) is 4.03. The zero-order valence-corrected chi connectivity index (χ0v) is 11.7. The van der Waals surface area contributed by atoms with Crippen LogP contribution in [0.25, 0.3) is 10.9 Å². The van der Waals surface area contributed by atoms with E-state index in [-0.39, 0.29) is 12.7 Å². The number of aryl methyl sites for hydroxylation is 1. The van der Waals surface area contributed by atoms with Crippen molar-refractivity contribution >= 4 is 10.9 Å². The molecule has 1 aromatic heterocycles. The summed E-state index contributed by atoms with van der Waals surface area (Å²) in [6.07, 6.45) is 2.41. The van der Waals surface area contributed by atoms with Gasteiger partial charge in [0.05, 0.1) is 6.61 Å². The van der Waals surface area contributed by atoms with E-state index >= 15 is 0 Å². The number of aliphatic hydroxyl groups is 1. The summed E-state index contributed by atoms with van der Waals surface area (Å²) in [4.78, 5) is 4.57. The molecule has 0 aliphatic heterocycles. The molecular weight excluding hydrogens is 252 g/mol. The van der Waals surface area contributed by atoms with Crippen LogP contribution in [-0.4, -0.2) is 28.3 Å². The molecule has 2 unspecified atom stereocenters. The van der Waals surface area contributed by atoms with Crippen molar-refractivity contribution in [3.05, 3.63) is 36.0 Å². The van der Waals surface area contributed by atoms with E-state index in [1.807, 2.05) is 31.2 Å². The summed E-state index contributed by atoms with van der Waals surface area (Å²) in [6, 6.07) is 10.0. The Labute approximate surface area is 118 Å². The highest BCUT2D eigenvalue weighted by atomic mass is 16.5. The molecule has 1 heterocycles. The van der Waals surface area contributed by atoms with Gasteiger partial charge in [-0.1, -0.05) is 18.2 Å². The van der Waals surface area contributed by atoms with Gasteiger partial charge in [-0.05, 0) is 31.9 Å². The van der Waals surface area contributed by atoms with Gasteiger partial charge in [-0.15, -0.1) is 0 Å². The summed E-state index contributed by atoms with van der Waals surface area (Å²) in [5, 5.41) is 10.4. The molecule has 3 rings (SSSR count). The molecule has 1 aromatic carbocycles. The van der Waals surface area contributed by atoms with Crippen molar-refractivity contribution in [1.29, 1.82) is 0 Å². The van der Waals surface area contributed by atoms with Crippen LogP contribution < -0.4 is 10.5 Å². The third kappa shape index (κ3) is 2.49. The van der Waals surface area contributed by atoms with Crippen LogP contribution in [0.4, 0.5) is 0 Å². The van der Waals surface area contributed by atoms with Crippen LogP contribution in [0.15, 0.2) is 30.3 Å². The second kappa shape index (κ2) is 5.04. The van der Waals surface area contributed by atoms with Crippen molar-refractivity contribution in [3.8, 4) is 5.75 Å². The van der Waals surface area contributed by atoms with Crippen LogP contribution in [0.2, 0.25) is 0 Å². The highest BCUT2D eigenvalue weighted by Gasteiger charge is 2.36. The smallest absolute Gasteiger partial charge is 0.145 e. The Morgan fingerprint density at radius 3 is 3.00 bits per heavy atom. The second-order valence-electron chi connectivity index (χ2n) is 5.78. The summed E-state index contributed by atoms with van der Waals surface area (Å²) in [7, 11) is 0. The molecule has 0 saturated heterocycles. The number of aromatic nitrogens is 1. The van der Waals surface area contributed by atoms with Crippen LogP contribution in [0.3, 0.4) is 0 Å². The van der Waals surface area contributed by atoms with Gasteiger partial charge in [0, 0.05) is 23.0 Å². The Balaban J connectivity index is 1.86. The lowest BCUT2D eigenvalue weighted by atomic mass is 10.0. The molecule has 2 aromatic rings. The molecule has 1 aliphatic carbocycles. The van der Waals surface area contributed by atoms with E-state index in [9.17, 15) is 5.11 Å². The maximum Gasteiger partial charge on any atom is 0.145 e. The summed E-state index contributed by atoms with van der Waals surface area (Å²) in [5.41, 5.74) is 7.48. The molecule has 1 saturated carbocycles. The normalized spacial score (nSPS) is 26.1. The predicted molar refractivity (Wildman–Crippen MR) is 78.8 cm³/mol. The van der Waals surface area contributed by atoms with Crippen LogP contribution in [0.1, 0.15) is 25.0 Å². The molecular formula is C16H20N2O2. The summed E-state index contributed by atoms with van der Waals surface area (Å²) in [5.74, 6) is 0.804. The monoisotopic (exact) mass is 272 g/mol. The Bertz CT molecular complexity index is 629. The van der Waals surface area contributed by atoms with Crippen LogP contribution in [-0.2, 0) is 0 Å². The van der Waals surface area contributed by atoms with Crippen LogP contribution >= 0.6 is 0 Å². The highest BCUT2D eigenvalue weighted by Crippen LogP contribution is 2.33. The van der Waals surface area contributed by atoms with Crippen LogP contribution in [0.5, 0.6) is 5.75 Å². The molecule has 106 valence electrons. The van der Waals surface area contributed by atoms with Crippen molar-refractivity contribution in [2.24, 2.45) is 5.73 Å². The fourth-order valence-electron chi connectivity index (χ4n) is 2.84. The van der Waals surface area contributed by atoms with E-state index in [1.165, 1.54) is 0 Å². The lowest BCUT2D eigenvalue weighted by molar-refractivity contribution is 0.166. The first-order valence-corrected chi connectivity index (χ1v) is 7.02. The van der Waals surface area contributed by atoms with Gasteiger partial charge in [-0.2, -0.15) is 0 Å². The van der Waals surface area contributed by atoms with Gasteiger partial charge in [-0.25, -0.2) is 4.98 Å². The first kappa shape index (κ1) is 13.3. The van der Waals surface area contributed by atoms with E-state index < -0.39 is 5.54 Å². The predicted octanol–water partition coefficient (Wildman–Crippen LogP) is 2.16. The standard InChI is InChI=1S/C16H20N2O2/c1-11-5-6-12-3-2-4-14(15(12)18-11)20-13-7-8-16(17,9-13)10-19/h2-6,13,19H,7-10,17H2,1H3. The van der Waals surface area contributed by atoms with Gasteiger partial charge in [0.15, 0.2) is 0 Å². The van der Waals surface area contributed by atoms with Crippen molar-refractivity contribution in [2.75, 3.05) is 6.61 Å². The highest BCUT2D eigenvalue weighted by molar-refractivity contribution is 5.84. The van der Waals surface area contributed by atoms with Gasteiger partial charge in [0.1, 0.15) is 17.4 Å². The number of nitrogens with two attached hydrogens (primary N) is 1. The molecule has 0 spiro atoms. The number of fused-ring (bicyclic) bond motifs is 1. The molecule has 4 heteroatoms. The largest absolute Gasteiger partial charge is 0.488 e. The van der Waals surface area contributed by atoms with Crippen LogP contribution in [0, 0.1) is 6.92 Å². The molecule has 0 bridgehead atoms. The molecule has 0 amide bonds. The molecule has 2 atom stereocenters. The maximum absolute atomic E-state index is 9.32. The topological polar surface area (TPSA) is 68.4 Å². The fourth-order valence-corrected chi connectivity index (χ4v) is 2.84. The summed E-state index contributed by atoms with van der Waals surface area (Å²) in [6.45, 7) is 1.99. The lowest BCUT2D eigenvalue weighted by Crippen LogP contribution is -2.41. The van der Waals surface area contributed by atoms with E-state index in [2.05, 4.69) is 11.1 Å². The number of ether oxygens (including phenoxy) is 1. The molecule has 1 aliphatic rings. The Hall–Kier alpha value is -1.65. The number of para-hydroxylation sites is 1. The molecule has 20 heavy (non-hydrogen) atoms. The first-order valence-electron chi connectivity index (χ1n) is 7.02. The fraction of sp³-hybridized carbons (Fsp3) is 0.438. The molecule has 4 nitrogen and oxygen atoms in total. The number of nitrogens with zero attached hydrogens (tertiary/aromatic N) is 1. The number of hydrogen-bond donors (Lipinski definition) is 2. The number of aliphatic hydroxyl groups excluding tert-OH is 1. The average Bonchev–Trinajstić information content (AvgIpc) is 2.82. The minimum atomic E-state index is -0.488. The Morgan fingerprint density at radius 2 is 2.25 bits per heavy atom. The summed E-state index contributed by atoms with van der Waals surface area (Å²) >= 11 is 0. The van der Waals surface area contributed by atoms with Gasteiger partial charge in [0.25, 0.3) is 0 Å². The van der Waals surface area contributed by atoms with E-state index in [0.717, 1.165) is 35.2 Å². The van der Waals surface area contributed by atoms with Crippen molar-refractivity contribution in [1.82, 2.24) is 4.98 Å². The van der Waals surface area contributed by atoms with Gasteiger partial charge in [0.2, 0.25) is 0 Å². The maximum atomic E-state index is 9.32. The molecule has 1 fully saturated rings. The van der Waals surface area contributed by atoms with Crippen molar-refractivity contribution < 1.29 is 9.84 Å². The molecule has 0 radical (unpaired) electrons. The minimum absolute atomic E-state index is 0.0136. The van der Waals surface area contributed by atoms with Crippen molar-refractivity contribution in [3.63, 3.8) is 0 Å². The summed E-state index contributed by atoms with van der Waals surface area (Å²) < 4.78 is 6.09. The van der Waals surface area contributed by atoms with Crippen molar-refractivity contribution in [2.45, 2.75) is 37.8 Å². The van der Waals surface area contributed by atoms with Gasteiger partial charge >= 0.3 is 0 Å². The zero-order chi connectivity index (χ0) is 14.2. The Morgan fingerprint density at radius 1 is 1.40 bits per heavy atom. The lowest BCUT2D eigenvalue weighted by Gasteiger charge is -2.21. The van der Waals surface area contributed by atoms with E-state index in [1.54, 1.807) is 0 Å².